The van der Waals surface area contributed by atoms with E-state index >= 15 is 0 Å². The standard InChI is InChI=1S/C27H32N4O4/c1-27(2,3)35-26(34)22(28)16-11-13-17(14-12-16)24(32)29-19-8-6-7-18(15-19)23-20-9-4-5-10-21(20)25(33)31-30-23/h4-10,15-17,22H,11-14,28H2,1-3H3,(H,29,32)(H,31,33). The molecule has 1 heterocycles. The van der Waals surface area contributed by atoms with Crippen molar-refractivity contribution in [2.24, 2.45) is 17.6 Å². The normalized spacial score (nSPS) is 19.2. The molecular weight excluding hydrogens is 444 g/mol. The molecule has 1 unspecified atom stereocenters. The molecule has 0 bridgehead atoms. The molecule has 1 atom stereocenters. The maximum atomic E-state index is 13.0. The molecule has 1 aliphatic carbocycles. The minimum absolute atomic E-state index is 0.0109. The number of fused-ring (bicyclic) bond motifs is 1. The summed E-state index contributed by atoms with van der Waals surface area (Å²) in [6.07, 6.45) is 2.73. The van der Waals surface area contributed by atoms with Crippen LogP contribution in [-0.4, -0.2) is 33.7 Å². The summed E-state index contributed by atoms with van der Waals surface area (Å²) in [5.74, 6) is -0.569. The number of nitrogens with two attached hydrogens (primary N) is 1. The molecule has 0 radical (unpaired) electrons. The summed E-state index contributed by atoms with van der Waals surface area (Å²) in [6.45, 7) is 5.47. The zero-order valence-corrected chi connectivity index (χ0v) is 20.3. The second-order valence-corrected chi connectivity index (χ2v) is 10.2. The number of ether oxygens (including phenoxy) is 1. The van der Waals surface area contributed by atoms with Crippen LogP contribution >= 0.6 is 0 Å². The number of rotatable bonds is 5. The number of benzene rings is 2. The number of hydrogen-bond donors (Lipinski definition) is 3. The van der Waals surface area contributed by atoms with Gasteiger partial charge < -0.3 is 15.8 Å². The van der Waals surface area contributed by atoms with Gasteiger partial charge in [0.1, 0.15) is 11.6 Å². The lowest BCUT2D eigenvalue weighted by Crippen LogP contribution is -2.44. The molecule has 1 amide bonds. The summed E-state index contributed by atoms with van der Waals surface area (Å²) in [5.41, 5.74) is 7.45. The van der Waals surface area contributed by atoms with Crippen LogP contribution in [0.3, 0.4) is 0 Å². The molecule has 3 aromatic rings. The Bertz CT molecular complexity index is 1290. The summed E-state index contributed by atoms with van der Waals surface area (Å²) in [4.78, 5) is 37.4. The minimum Gasteiger partial charge on any atom is -0.459 e. The number of hydrogen-bond acceptors (Lipinski definition) is 6. The van der Waals surface area contributed by atoms with Gasteiger partial charge in [0.05, 0.1) is 11.1 Å². The van der Waals surface area contributed by atoms with Gasteiger partial charge in [0, 0.05) is 22.6 Å². The maximum absolute atomic E-state index is 13.0. The van der Waals surface area contributed by atoms with Crippen LogP contribution in [0.5, 0.6) is 0 Å². The van der Waals surface area contributed by atoms with Crippen LogP contribution in [0.15, 0.2) is 53.3 Å². The lowest BCUT2D eigenvalue weighted by molar-refractivity contribution is -0.158. The largest absolute Gasteiger partial charge is 0.459 e. The zero-order chi connectivity index (χ0) is 25.2. The van der Waals surface area contributed by atoms with Gasteiger partial charge in [-0.25, -0.2) is 5.10 Å². The first kappa shape index (κ1) is 24.6. The van der Waals surface area contributed by atoms with Gasteiger partial charge in [0.15, 0.2) is 0 Å². The molecule has 35 heavy (non-hydrogen) atoms. The summed E-state index contributed by atoms with van der Waals surface area (Å²) >= 11 is 0. The second-order valence-electron chi connectivity index (χ2n) is 10.2. The van der Waals surface area contributed by atoms with Crippen LogP contribution in [0.4, 0.5) is 5.69 Å². The van der Waals surface area contributed by atoms with E-state index in [9.17, 15) is 14.4 Å². The molecule has 4 rings (SSSR count). The Kier molecular flexibility index (Phi) is 7.03. The smallest absolute Gasteiger partial charge is 0.323 e. The number of nitrogens with zero attached hydrogens (tertiary/aromatic N) is 1. The zero-order valence-electron chi connectivity index (χ0n) is 20.3. The topological polar surface area (TPSA) is 127 Å². The van der Waals surface area contributed by atoms with Crippen molar-refractivity contribution in [3.8, 4) is 11.3 Å². The highest BCUT2D eigenvalue weighted by Gasteiger charge is 2.34. The first-order chi connectivity index (χ1) is 16.6. The number of anilines is 1. The molecule has 1 aromatic heterocycles. The highest BCUT2D eigenvalue weighted by Crippen LogP contribution is 2.32. The third-order valence-electron chi connectivity index (χ3n) is 6.43. The van der Waals surface area contributed by atoms with Crippen LogP contribution in [0.2, 0.25) is 0 Å². The quantitative estimate of drug-likeness (QED) is 0.478. The summed E-state index contributed by atoms with van der Waals surface area (Å²) < 4.78 is 5.42. The van der Waals surface area contributed by atoms with E-state index in [0.29, 0.717) is 42.5 Å². The van der Waals surface area contributed by atoms with Crippen molar-refractivity contribution in [1.29, 1.82) is 0 Å². The Labute approximate surface area is 204 Å². The van der Waals surface area contributed by atoms with Gasteiger partial charge in [0.2, 0.25) is 5.91 Å². The van der Waals surface area contributed by atoms with Crippen LogP contribution < -0.4 is 16.6 Å². The van der Waals surface area contributed by atoms with E-state index in [2.05, 4.69) is 15.5 Å². The fourth-order valence-corrected chi connectivity index (χ4v) is 4.63. The highest BCUT2D eigenvalue weighted by molar-refractivity contribution is 5.96. The van der Waals surface area contributed by atoms with E-state index in [1.165, 1.54) is 0 Å². The molecule has 1 saturated carbocycles. The SMILES string of the molecule is CC(C)(C)OC(=O)C(N)C1CCC(C(=O)Nc2cccc(-c3n[nH]c(=O)c4ccccc34)c2)CC1. The third kappa shape index (κ3) is 5.77. The van der Waals surface area contributed by atoms with Crippen LogP contribution in [0.1, 0.15) is 46.5 Å². The van der Waals surface area contributed by atoms with Crippen molar-refractivity contribution in [3.05, 3.63) is 58.9 Å². The van der Waals surface area contributed by atoms with Crippen LogP contribution in [-0.2, 0) is 14.3 Å². The summed E-state index contributed by atoms with van der Waals surface area (Å²) in [7, 11) is 0. The molecule has 2 aromatic carbocycles. The lowest BCUT2D eigenvalue weighted by atomic mass is 9.78. The predicted octanol–water partition coefficient (Wildman–Crippen LogP) is 4.00. The van der Waals surface area contributed by atoms with Gasteiger partial charge in [0.25, 0.3) is 5.56 Å². The first-order valence-electron chi connectivity index (χ1n) is 12.0. The van der Waals surface area contributed by atoms with E-state index in [1.54, 1.807) is 6.07 Å². The van der Waals surface area contributed by atoms with Gasteiger partial charge in [-0.3, -0.25) is 14.4 Å². The van der Waals surface area contributed by atoms with Gasteiger partial charge in [-0.2, -0.15) is 5.10 Å². The van der Waals surface area contributed by atoms with Crippen molar-refractivity contribution in [1.82, 2.24) is 10.2 Å². The van der Waals surface area contributed by atoms with E-state index in [-0.39, 0.29) is 29.3 Å². The number of esters is 1. The molecule has 0 saturated heterocycles. The second kappa shape index (κ2) is 10.00. The monoisotopic (exact) mass is 476 g/mol. The van der Waals surface area contributed by atoms with Gasteiger partial charge >= 0.3 is 5.97 Å². The predicted molar refractivity (Wildman–Crippen MR) is 136 cm³/mol. The molecule has 1 aliphatic rings. The first-order valence-corrected chi connectivity index (χ1v) is 12.0. The Morgan fingerprint density at radius 1 is 1.06 bits per heavy atom. The Hall–Kier alpha value is -3.52. The molecule has 0 spiro atoms. The Morgan fingerprint density at radius 2 is 1.74 bits per heavy atom. The number of H-pyrrole nitrogens is 1. The van der Waals surface area contributed by atoms with Gasteiger partial charge in [-0.15, -0.1) is 0 Å². The van der Waals surface area contributed by atoms with E-state index in [4.69, 9.17) is 10.5 Å². The maximum Gasteiger partial charge on any atom is 0.323 e. The fraction of sp³-hybridized carbons (Fsp3) is 0.407. The molecular formula is C27H32N4O4. The minimum atomic E-state index is -0.672. The fourth-order valence-electron chi connectivity index (χ4n) is 4.63. The molecule has 8 heteroatoms. The van der Waals surface area contributed by atoms with Gasteiger partial charge in [-0.1, -0.05) is 30.3 Å². The van der Waals surface area contributed by atoms with Gasteiger partial charge in [-0.05, 0) is 70.6 Å². The third-order valence-corrected chi connectivity index (χ3v) is 6.43. The van der Waals surface area contributed by atoms with Crippen molar-refractivity contribution in [2.75, 3.05) is 5.32 Å². The van der Waals surface area contributed by atoms with Crippen LogP contribution in [0.25, 0.3) is 22.0 Å². The molecule has 1 fully saturated rings. The number of nitrogens with one attached hydrogen (secondary N) is 2. The van der Waals surface area contributed by atoms with Crippen molar-refractivity contribution >= 4 is 28.3 Å². The molecule has 184 valence electrons. The van der Waals surface area contributed by atoms with Crippen molar-refractivity contribution < 1.29 is 14.3 Å². The van der Waals surface area contributed by atoms with E-state index in [0.717, 1.165) is 10.9 Å². The molecule has 0 aliphatic heterocycles. The summed E-state index contributed by atoms with van der Waals surface area (Å²) in [5, 5.41) is 11.1. The number of amides is 1. The van der Waals surface area contributed by atoms with Crippen molar-refractivity contribution in [2.45, 2.75) is 58.1 Å². The number of aromatic amines is 1. The van der Waals surface area contributed by atoms with Crippen molar-refractivity contribution in [3.63, 3.8) is 0 Å². The number of carbonyl (C=O) groups is 2. The average molecular weight is 477 g/mol. The number of carbonyl (C=O) groups excluding carboxylic acids is 2. The molecule has 8 nitrogen and oxygen atoms in total. The van der Waals surface area contributed by atoms with E-state index < -0.39 is 11.6 Å². The van der Waals surface area contributed by atoms with Crippen LogP contribution in [0, 0.1) is 11.8 Å². The van der Waals surface area contributed by atoms with E-state index in [1.807, 2.05) is 63.2 Å². The number of aromatic nitrogens is 2. The average Bonchev–Trinajstić information content (AvgIpc) is 2.83. The Balaban J connectivity index is 1.41. The highest BCUT2D eigenvalue weighted by atomic mass is 16.6. The lowest BCUT2D eigenvalue weighted by Gasteiger charge is -2.32. The molecule has 4 N–H and O–H groups in total. The Morgan fingerprint density at radius 3 is 2.43 bits per heavy atom. The summed E-state index contributed by atoms with van der Waals surface area (Å²) in [6, 6.07) is 14.1.